The quantitative estimate of drug-likeness (QED) is 0.543. The Morgan fingerprint density at radius 1 is 1.16 bits per heavy atom. The minimum Gasteiger partial charge on any atom is -1.00 e. The Balaban J connectivity index is 0.00000180. The van der Waals surface area contributed by atoms with Crippen LogP contribution in [0, 0.1) is 0 Å². The van der Waals surface area contributed by atoms with Gasteiger partial charge in [-0.25, -0.2) is 4.79 Å². The fourth-order valence-electron chi connectivity index (χ4n) is 2.86. The van der Waals surface area contributed by atoms with Gasteiger partial charge < -0.3 is 26.2 Å². The van der Waals surface area contributed by atoms with Gasteiger partial charge in [0.1, 0.15) is 6.54 Å². The smallest absolute Gasteiger partial charge is 0.361 e. The highest BCUT2D eigenvalue weighted by molar-refractivity contribution is 5.70. The second kappa shape index (κ2) is 7.65. The molecule has 1 fully saturated rings. The minimum atomic E-state index is -0.0900. The van der Waals surface area contributed by atoms with Gasteiger partial charge >= 0.3 is 5.97 Å². The molecule has 1 saturated heterocycles. The van der Waals surface area contributed by atoms with Crippen LogP contribution in [0.2, 0.25) is 0 Å². The lowest BCUT2D eigenvalue weighted by atomic mass is 10.1. The zero-order valence-electron chi connectivity index (χ0n) is 11.5. The molecule has 2 rings (SSSR count). The Morgan fingerprint density at radius 3 is 2.37 bits per heavy atom. The molecule has 0 saturated carbocycles. The summed E-state index contributed by atoms with van der Waals surface area (Å²) in [5.74, 6) is -0.0900. The van der Waals surface area contributed by atoms with Gasteiger partial charge in [-0.3, -0.25) is 0 Å². The molecule has 0 amide bonds. The minimum absolute atomic E-state index is 0. The van der Waals surface area contributed by atoms with Crippen LogP contribution in [-0.2, 0) is 16.1 Å². The number of esters is 1. The van der Waals surface area contributed by atoms with E-state index in [1.807, 2.05) is 6.07 Å². The maximum absolute atomic E-state index is 11.6. The first-order valence-electron chi connectivity index (χ1n) is 6.70. The van der Waals surface area contributed by atoms with Crippen LogP contribution < -0.4 is 17.0 Å². The molecule has 0 aliphatic carbocycles. The molecule has 106 valence electrons. The Labute approximate surface area is 125 Å². The lowest BCUT2D eigenvalue weighted by molar-refractivity contribution is -0.938. The van der Waals surface area contributed by atoms with E-state index >= 15 is 0 Å². The van der Waals surface area contributed by atoms with E-state index in [9.17, 15) is 4.79 Å². The maximum Gasteiger partial charge on any atom is 0.361 e. The molecule has 19 heavy (non-hydrogen) atoms. The van der Waals surface area contributed by atoms with Crippen molar-refractivity contribution in [2.24, 2.45) is 0 Å². The number of carbonyl (C=O) groups is 1. The molecule has 1 aliphatic rings. The molecular formula is C15H22BrNO2. The summed E-state index contributed by atoms with van der Waals surface area (Å²) < 4.78 is 5.72. The van der Waals surface area contributed by atoms with Crippen molar-refractivity contribution in [3.63, 3.8) is 0 Å². The standard InChI is InChI=1S/C15H22NO2.BrH/c1-18-15(17)13-16(10-6-3-7-11-16)12-14-8-4-2-5-9-14;/h2,4-5,8-9H,3,6-7,10-13H2,1H3;1H/q+1;/p-1. The number of piperidine rings is 1. The number of hydrogen-bond acceptors (Lipinski definition) is 2. The number of halogens is 1. The first-order valence-corrected chi connectivity index (χ1v) is 6.70. The lowest BCUT2D eigenvalue weighted by Crippen LogP contribution is -3.00. The van der Waals surface area contributed by atoms with Gasteiger partial charge in [0.15, 0.2) is 6.54 Å². The molecule has 1 aliphatic heterocycles. The van der Waals surface area contributed by atoms with E-state index in [4.69, 9.17) is 4.74 Å². The third kappa shape index (κ3) is 4.62. The van der Waals surface area contributed by atoms with Gasteiger partial charge in [0.2, 0.25) is 0 Å². The first kappa shape index (κ1) is 16.2. The molecule has 3 nitrogen and oxygen atoms in total. The number of hydrogen-bond donors (Lipinski definition) is 0. The zero-order chi connectivity index (χ0) is 12.8. The summed E-state index contributed by atoms with van der Waals surface area (Å²) in [6.07, 6.45) is 3.71. The molecule has 0 N–H and O–H groups in total. The van der Waals surface area contributed by atoms with Crippen LogP contribution in [0.4, 0.5) is 0 Å². The zero-order valence-corrected chi connectivity index (χ0v) is 13.1. The van der Waals surface area contributed by atoms with Crippen LogP contribution in [0.15, 0.2) is 30.3 Å². The lowest BCUT2D eigenvalue weighted by Gasteiger charge is -2.40. The van der Waals surface area contributed by atoms with Crippen molar-refractivity contribution < 1.29 is 31.0 Å². The van der Waals surface area contributed by atoms with Crippen molar-refractivity contribution in [1.82, 2.24) is 0 Å². The molecule has 0 aromatic heterocycles. The summed E-state index contributed by atoms with van der Waals surface area (Å²) in [4.78, 5) is 11.6. The van der Waals surface area contributed by atoms with E-state index in [1.165, 1.54) is 31.9 Å². The highest BCUT2D eigenvalue weighted by Gasteiger charge is 2.33. The second-order valence-electron chi connectivity index (χ2n) is 5.23. The molecule has 0 radical (unpaired) electrons. The average molecular weight is 328 g/mol. The maximum atomic E-state index is 11.6. The van der Waals surface area contributed by atoms with Crippen molar-refractivity contribution in [3.05, 3.63) is 35.9 Å². The van der Waals surface area contributed by atoms with Crippen molar-refractivity contribution in [3.8, 4) is 0 Å². The van der Waals surface area contributed by atoms with Crippen LogP contribution in [0.3, 0.4) is 0 Å². The molecule has 0 bridgehead atoms. The van der Waals surface area contributed by atoms with E-state index in [2.05, 4.69) is 24.3 Å². The summed E-state index contributed by atoms with van der Waals surface area (Å²) in [6, 6.07) is 10.4. The van der Waals surface area contributed by atoms with Gasteiger partial charge in [0.25, 0.3) is 0 Å². The number of carbonyl (C=O) groups excluding carboxylic acids is 1. The Kier molecular flexibility index (Phi) is 6.52. The molecule has 1 aromatic carbocycles. The van der Waals surface area contributed by atoms with Crippen molar-refractivity contribution >= 4 is 5.97 Å². The van der Waals surface area contributed by atoms with E-state index in [1.54, 1.807) is 0 Å². The summed E-state index contributed by atoms with van der Waals surface area (Å²) >= 11 is 0. The third-order valence-corrected chi connectivity index (χ3v) is 3.82. The van der Waals surface area contributed by atoms with Gasteiger partial charge in [-0.2, -0.15) is 0 Å². The van der Waals surface area contributed by atoms with E-state index < -0.39 is 0 Å². The van der Waals surface area contributed by atoms with E-state index in [-0.39, 0.29) is 23.0 Å². The number of rotatable bonds is 4. The fraction of sp³-hybridized carbons (Fsp3) is 0.533. The number of nitrogens with zero attached hydrogens (tertiary/aromatic N) is 1. The predicted molar refractivity (Wildman–Crippen MR) is 70.9 cm³/mol. The van der Waals surface area contributed by atoms with Gasteiger partial charge in [-0.05, 0) is 19.3 Å². The number of benzene rings is 1. The van der Waals surface area contributed by atoms with Crippen molar-refractivity contribution in [2.45, 2.75) is 25.8 Å². The molecule has 0 atom stereocenters. The number of ether oxygens (including phenoxy) is 1. The van der Waals surface area contributed by atoms with Crippen LogP contribution in [-0.4, -0.2) is 37.2 Å². The third-order valence-electron chi connectivity index (χ3n) is 3.82. The van der Waals surface area contributed by atoms with E-state index in [0.717, 1.165) is 24.1 Å². The van der Waals surface area contributed by atoms with Crippen LogP contribution >= 0.6 is 0 Å². The highest BCUT2D eigenvalue weighted by Crippen LogP contribution is 2.22. The number of likely N-dealkylation sites (tertiary alicyclic amines) is 1. The summed E-state index contributed by atoms with van der Waals surface area (Å²) in [7, 11) is 1.48. The number of quaternary nitrogens is 1. The summed E-state index contributed by atoms with van der Waals surface area (Å²) in [5, 5.41) is 0. The Hall–Kier alpha value is -0.870. The van der Waals surface area contributed by atoms with E-state index in [0.29, 0.717) is 6.54 Å². The molecule has 4 heteroatoms. The number of methoxy groups -OCH3 is 1. The normalized spacial score (nSPS) is 17.3. The summed E-state index contributed by atoms with van der Waals surface area (Å²) in [5.41, 5.74) is 1.31. The summed E-state index contributed by atoms with van der Waals surface area (Å²) in [6.45, 7) is 3.62. The molecule has 1 heterocycles. The van der Waals surface area contributed by atoms with Gasteiger partial charge in [-0.1, -0.05) is 30.3 Å². The van der Waals surface area contributed by atoms with Crippen LogP contribution in [0.1, 0.15) is 24.8 Å². The van der Waals surface area contributed by atoms with Crippen molar-refractivity contribution in [1.29, 1.82) is 0 Å². The van der Waals surface area contributed by atoms with Gasteiger partial charge in [-0.15, -0.1) is 0 Å². The Bertz CT molecular complexity index is 388. The first-order chi connectivity index (χ1) is 8.74. The Morgan fingerprint density at radius 2 is 1.79 bits per heavy atom. The van der Waals surface area contributed by atoms with Crippen LogP contribution in [0.25, 0.3) is 0 Å². The largest absolute Gasteiger partial charge is 1.00 e. The highest BCUT2D eigenvalue weighted by atomic mass is 79.9. The van der Waals surface area contributed by atoms with Crippen LogP contribution in [0.5, 0.6) is 0 Å². The molecular weight excluding hydrogens is 306 g/mol. The molecule has 0 unspecified atom stereocenters. The monoisotopic (exact) mass is 327 g/mol. The van der Waals surface area contributed by atoms with Gasteiger partial charge in [0, 0.05) is 5.56 Å². The predicted octanol–water partition coefficient (Wildman–Crippen LogP) is -0.636. The average Bonchev–Trinajstić information content (AvgIpc) is 2.40. The molecule has 0 spiro atoms. The van der Waals surface area contributed by atoms with Crippen molar-refractivity contribution in [2.75, 3.05) is 26.7 Å². The molecule has 1 aromatic rings. The van der Waals surface area contributed by atoms with Gasteiger partial charge in [0.05, 0.1) is 20.2 Å². The SMILES string of the molecule is COC(=O)C[N+]1(Cc2ccccc2)CCCCC1.[Br-]. The fourth-order valence-corrected chi connectivity index (χ4v) is 2.86. The second-order valence-corrected chi connectivity index (χ2v) is 5.23. The topological polar surface area (TPSA) is 26.3 Å².